The van der Waals surface area contributed by atoms with Crippen LogP contribution in [0.5, 0.6) is 0 Å². The number of amides is 1. The molecular formula is C15H23NO3. The molecule has 3 aliphatic carbocycles. The van der Waals surface area contributed by atoms with Crippen molar-refractivity contribution in [3.05, 3.63) is 0 Å². The first-order chi connectivity index (χ1) is 9.15. The van der Waals surface area contributed by atoms with Gasteiger partial charge in [-0.2, -0.15) is 0 Å². The van der Waals surface area contributed by atoms with E-state index in [4.69, 9.17) is 5.11 Å². The fourth-order valence-electron chi connectivity index (χ4n) is 3.21. The summed E-state index contributed by atoms with van der Waals surface area (Å²) >= 11 is 0. The van der Waals surface area contributed by atoms with Crippen LogP contribution in [0.1, 0.15) is 51.4 Å². The lowest BCUT2D eigenvalue weighted by molar-refractivity contribution is -0.146. The minimum Gasteiger partial charge on any atom is -0.481 e. The van der Waals surface area contributed by atoms with E-state index < -0.39 is 5.97 Å². The Balaban J connectivity index is 1.55. The van der Waals surface area contributed by atoms with Crippen molar-refractivity contribution in [2.24, 2.45) is 17.8 Å². The van der Waals surface area contributed by atoms with Gasteiger partial charge in [-0.15, -0.1) is 0 Å². The van der Waals surface area contributed by atoms with Gasteiger partial charge in [0.05, 0.1) is 5.92 Å². The molecule has 0 unspecified atom stereocenters. The van der Waals surface area contributed by atoms with Crippen LogP contribution in [-0.4, -0.2) is 34.5 Å². The van der Waals surface area contributed by atoms with Gasteiger partial charge >= 0.3 is 5.97 Å². The van der Waals surface area contributed by atoms with Crippen LogP contribution in [0.2, 0.25) is 0 Å². The molecule has 0 aromatic heterocycles. The van der Waals surface area contributed by atoms with Gasteiger partial charge in [0.15, 0.2) is 0 Å². The van der Waals surface area contributed by atoms with Crippen LogP contribution in [-0.2, 0) is 9.59 Å². The first-order valence-corrected chi connectivity index (χ1v) is 7.68. The highest BCUT2D eigenvalue weighted by Crippen LogP contribution is 2.38. The third-order valence-corrected chi connectivity index (χ3v) is 4.85. The number of hydrogen-bond donors (Lipinski definition) is 1. The van der Waals surface area contributed by atoms with Crippen molar-refractivity contribution in [3.8, 4) is 0 Å². The van der Waals surface area contributed by atoms with Gasteiger partial charge in [0.1, 0.15) is 0 Å². The van der Waals surface area contributed by atoms with E-state index in [9.17, 15) is 9.59 Å². The Kier molecular flexibility index (Phi) is 3.50. The summed E-state index contributed by atoms with van der Waals surface area (Å²) in [5, 5.41) is 9.00. The summed E-state index contributed by atoms with van der Waals surface area (Å²) in [5.74, 6) is 0.248. The Morgan fingerprint density at radius 1 is 0.895 bits per heavy atom. The van der Waals surface area contributed by atoms with Gasteiger partial charge < -0.3 is 10.0 Å². The average Bonchev–Trinajstić information content (AvgIpc) is 3.28. The summed E-state index contributed by atoms with van der Waals surface area (Å²) in [5.41, 5.74) is 0. The zero-order chi connectivity index (χ0) is 13.4. The van der Waals surface area contributed by atoms with Gasteiger partial charge in [0, 0.05) is 18.5 Å². The van der Waals surface area contributed by atoms with Crippen LogP contribution in [0.25, 0.3) is 0 Å². The number of hydrogen-bond acceptors (Lipinski definition) is 2. The molecule has 1 N–H and O–H groups in total. The third kappa shape index (κ3) is 3.10. The Morgan fingerprint density at radius 3 is 1.95 bits per heavy atom. The number of carbonyl (C=O) groups excluding carboxylic acids is 1. The SMILES string of the molecule is O=C(O)C1CCC(C(=O)N(CC2CC2)C2CC2)CC1. The molecule has 0 bridgehead atoms. The molecule has 19 heavy (non-hydrogen) atoms. The third-order valence-electron chi connectivity index (χ3n) is 4.85. The maximum Gasteiger partial charge on any atom is 0.306 e. The smallest absolute Gasteiger partial charge is 0.306 e. The average molecular weight is 265 g/mol. The molecule has 4 nitrogen and oxygen atoms in total. The Bertz CT molecular complexity index is 366. The van der Waals surface area contributed by atoms with Gasteiger partial charge in [0.25, 0.3) is 0 Å². The van der Waals surface area contributed by atoms with Crippen molar-refractivity contribution < 1.29 is 14.7 Å². The Hall–Kier alpha value is -1.06. The van der Waals surface area contributed by atoms with Gasteiger partial charge in [-0.25, -0.2) is 0 Å². The molecule has 3 aliphatic rings. The second kappa shape index (κ2) is 5.14. The number of aliphatic carboxylic acids is 1. The van der Waals surface area contributed by atoms with Crippen molar-refractivity contribution in [1.29, 1.82) is 0 Å². The maximum absolute atomic E-state index is 12.6. The van der Waals surface area contributed by atoms with E-state index in [0.29, 0.717) is 24.8 Å². The first kappa shape index (κ1) is 12.9. The fourth-order valence-corrected chi connectivity index (χ4v) is 3.21. The zero-order valence-electron chi connectivity index (χ0n) is 11.4. The molecule has 106 valence electrons. The van der Waals surface area contributed by atoms with E-state index in [2.05, 4.69) is 4.90 Å². The molecule has 0 atom stereocenters. The van der Waals surface area contributed by atoms with Crippen molar-refractivity contribution in [1.82, 2.24) is 4.90 Å². The predicted molar refractivity (Wildman–Crippen MR) is 70.5 cm³/mol. The van der Waals surface area contributed by atoms with Crippen molar-refractivity contribution >= 4 is 11.9 Å². The first-order valence-electron chi connectivity index (χ1n) is 7.68. The highest BCUT2D eigenvalue weighted by atomic mass is 16.4. The molecule has 3 fully saturated rings. The van der Waals surface area contributed by atoms with Crippen molar-refractivity contribution in [2.45, 2.75) is 57.4 Å². The summed E-state index contributed by atoms with van der Waals surface area (Å²) in [6, 6.07) is 0.505. The lowest BCUT2D eigenvalue weighted by Gasteiger charge is -2.31. The number of carboxylic acids is 1. The van der Waals surface area contributed by atoms with E-state index in [1.54, 1.807) is 0 Å². The minimum atomic E-state index is -0.692. The van der Waals surface area contributed by atoms with Gasteiger partial charge in [-0.3, -0.25) is 9.59 Å². The van der Waals surface area contributed by atoms with E-state index in [0.717, 1.165) is 25.3 Å². The van der Waals surface area contributed by atoms with Crippen LogP contribution in [0, 0.1) is 17.8 Å². The quantitative estimate of drug-likeness (QED) is 0.829. The largest absolute Gasteiger partial charge is 0.481 e. The molecule has 4 heteroatoms. The second-order valence-electron chi connectivity index (χ2n) is 6.55. The summed E-state index contributed by atoms with van der Waals surface area (Å²) in [7, 11) is 0. The van der Waals surface area contributed by atoms with Crippen LogP contribution in [0.3, 0.4) is 0 Å². The van der Waals surface area contributed by atoms with Crippen LogP contribution >= 0.6 is 0 Å². The topological polar surface area (TPSA) is 57.6 Å². The molecule has 0 saturated heterocycles. The number of rotatable bonds is 5. The lowest BCUT2D eigenvalue weighted by Crippen LogP contribution is -2.41. The number of nitrogens with zero attached hydrogens (tertiary/aromatic N) is 1. The van der Waals surface area contributed by atoms with E-state index in [1.165, 1.54) is 25.7 Å². The standard InChI is InChI=1S/C15H23NO3/c17-14(11-3-5-12(6-4-11)15(18)19)16(13-7-8-13)9-10-1-2-10/h10-13H,1-9H2,(H,18,19). The molecule has 0 heterocycles. The van der Waals surface area contributed by atoms with Crippen molar-refractivity contribution in [2.75, 3.05) is 6.54 Å². The lowest BCUT2D eigenvalue weighted by atomic mass is 9.81. The van der Waals surface area contributed by atoms with Crippen LogP contribution in [0.4, 0.5) is 0 Å². The second-order valence-corrected chi connectivity index (χ2v) is 6.55. The zero-order valence-corrected chi connectivity index (χ0v) is 11.4. The summed E-state index contributed by atoms with van der Waals surface area (Å²) in [6.07, 6.45) is 7.78. The summed E-state index contributed by atoms with van der Waals surface area (Å²) < 4.78 is 0. The van der Waals surface area contributed by atoms with E-state index in [1.807, 2.05) is 0 Å². The predicted octanol–water partition coefficient (Wildman–Crippen LogP) is 2.28. The molecule has 0 aromatic rings. The molecule has 1 amide bonds. The van der Waals surface area contributed by atoms with E-state index in [-0.39, 0.29) is 11.8 Å². The van der Waals surface area contributed by atoms with Gasteiger partial charge in [-0.05, 0) is 57.3 Å². The molecule has 0 aliphatic heterocycles. The van der Waals surface area contributed by atoms with Crippen molar-refractivity contribution in [3.63, 3.8) is 0 Å². The highest BCUT2D eigenvalue weighted by molar-refractivity contribution is 5.80. The Labute approximate surface area is 114 Å². The number of carboxylic acid groups (broad SMARTS) is 1. The van der Waals surface area contributed by atoms with Crippen LogP contribution in [0.15, 0.2) is 0 Å². The van der Waals surface area contributed by atoms with Gasteiger partial charge in [-0.1, -0.05) is 0 Å². The summed E-state index contributed by atoms with van der Waals surface area (Å²) in [4.78, 5) is 25.7. The summed E-state index contributed by atoms with van der Waals surface area (Å²) in [6.45, 7) is 0.961. The molecule has 3 rings (SSSR count). The highest BCUT2D eigenvalue weighted by Gasteiger charge is 2.40. The van der Waals surface area contributed by atoms with Crippen LogP contribution < -0.4 is 0 Å². The molecular weight excluding hydrogens is 242 g/mol. The maximum atomic E-state index is 12.6. The van der Waals surface area contributed by atoms with E-state index >= 15 is 0 Å². The molecule has 0 radical (unpaired) electrons. The Morgan fingerprint density at radius 2 is 1.47 bits per heavy atom. The number of carbonyl (C=O) groups is 2. The molecule has 0 spiro atoms. The van der Waals surface area contributed by atoms with Gasteiger partial charge in [0.2, 0.25) is 5.91 Å². The fraction of sp³-hybridized carbons (Fsp3) is 0.867. The normalized spacial score (nSPS) is 30.9. The monoisotopic (exact) mass is 265 g/mol. The minimum absolute atomic E-state index is 0.0925. The molecule has 0 aromatic carbocycles. The molecule has 3 saturated carbocycles.